The van der Waals surface area contributed by atoms with Crippen LogP contribution in [0, 0.1) is 6.92 Å². The average Bonchev–Trinajstić information content (AvgIpc) is 3.22. The molecule has 0 spiro atoms. The number of imidazole rings is 1. The van der Waals surface area contributed by atoms with Gasteiger partial charge in [0.1, 0.15) is 5.82 Å². The van der Waals surface area contributed by atoms with Crippen LogP contribution in [-0.4, -0.2) is 33.4 Å². The summed E-state index contributed by atoms with van der Waals surface area (Å²) in [6, 6.07) is 27.7. The first kappa shape index (κ1) is 21.4. The molecule has 33 heavy (non-hydrogen) atoms. The van der Waals surface area contributed by atoms with Crippen LogP contribution in [0.3, 0.4) is 0 Å². The van der Waals surface area contributed by atoms with Crippen molar-refractivity contribution in [1.29, 1.82) is 0 Å². The van der Waals surface area contributed by atoms with E-state index in [9.17, 15) is 4.79 Å². The Morgan fingerprint density at radius 2 is 1.61 bits per heavy atom. The van der Waals surface area contributed by atoms with Crippen molar-refractivity contribution in [2.24, 2.45) is 0 Å². The van der Waals surface area contributed by atoms with Crippen molar-refractivity contribution >= 4 is 16.9 Å². The summed E-state index contributed by atoms with van der Waals surface area (Å²) in [6.07, 6.45) is 2.72. The lowest BCUT2D eigenvalue weighted by Crippen LogP contribution is -2.41. The molecule has 4 heteroatoms. The zero-order valence-electron chi connectivity index (χ0n) is 19.4. The van der Waals surface area contributed by atoms with Gasteiger partial charge in [-0.3, -0.25) is 4.79 Å². The number of piperidine rings is 1. The lowest BCUT2D eigenvalue weighted by atomic mass is 9.96. The monoisotopic (exact) mass is 437 g/mol. The number of hydrogen-bond donors (Lipinski definition) is 0. The number of benzene rings is 3. The van der Waals surface area contributed by atoms with Crippen LogP contribution in [0.15, 0.2) is 78.9 Å². The lowest BCUT2D eigenvalue weighted by molar-refractivity contribution is -0.133. The third-order valence-electron chi connectivity index (χ3n) is 6.96. The number of rotatable bonds is 5. The first-order valence-electron chi connectivity index (χ1n) is 12.0. The van der Waals surface area contributed by atoms with Crippen LogP contribution in [-0.2, 0) is 11.2 Å². The van der Waals surface area contributed by atoms with Crippen LogP contribution in [0.2, 0.25) is 0 Å². The first-order chi connectivity index (χ1) is 16.1. The summed E-state index contributed by atoms with van der Waals surface area (Å²) in [6.45, 7) is 5.68. The van der Waals surface area contributed by atoms with Crippen molar-refractivity contribution in [3.05, 3.63) is 101 Å². The smallest absolute Gasteiger partial charge is 0.229 e. The van der Waals surface area contributed by atoms with E-state index < -0.39 is 0 Å². The third-order valence-corrected chi connectivity index (χ3v) is 6.96. The SMILES string of the molecule is Cc1ccc(C(C)C(=O)N2CCC(n3c(Cc4ccccc4)nc4ccccc43)CC2)cc1. The van der Waals surface area contributed by atoms with Crippen LogP contribution in [0.25, 0.3) is 11.0 Å². The van der Waals surface area contributed by atoms with Gasteiger partial charge in [0.05, 0.1) is 17.0 Å². The number of carbonyl (C=O) groups is 1. The highest BCUT2D eigenvalue weighted by Gasteiger charge is 2.29. The Bertz CT molecular complexity index is 1240. The largest absolute Gasteiger partial charge is 0.342 e. The van der Waals surface area contributed by atoms with Crippen molar-refractivity contribution in [3.8, 4) is 0 Å². The molecule has 1 atom stereocenters. The predicted octanol–water partition coefficient (Wildman–Crippen LogP) is 5.90. The molecule has 0 radical (unpaired) electrons. The minimum Gasteiger partial charge on any atom is -0.342 e. The highest BCUT2D eigenvalue weighted by molar-refractivity contribution is 5.83. The van der Waals surface area contributed by atoms with Gasteiger partial charge in [-0.1, -0.05) is 72.3 Å². The Balaban J connectivity index is 1.34. The molecule has 1 fully saturated rings. The number of carbonyl (C=O) groups excluding carboxylic acids is 1. The number of nitrogens with zero attached hydrogens (tertiary/aromatic N) is 3. The maximum atomic E-state index is 13.2. The Hall–Kier alpha value is -3.40. The van der Waals surface area contributed by atoms with Gasteiger partial charge in [0.25, 0.3) is 0 Å². The van der Waals surface area contributed by atoms with E-state index in [-0.39, 0.29) is 11.8 Å². The number of amides is 1. The van der Waals surface area contributed by atoms with E-state index >= 15 is 0 Å². The maximum Gasteiger partial charge on any atom is 0.229 e. The van der Waals surface area contributed by atoms with Gasteiger partial charge in [0, 0.05) is 25.6 Å². The van der Waals surface area contributed by atoms with Crippen LogP contribution in [0.5, 0.6) is 0 Å². The van der Waals surface area contributed by atoms with Gasteiger partial charge in [0.2, 0.25) is 5.91 Å². The average molecular weight is 438 g/mol. The van der Waals surface area contributed by atoms with Gasteiger partial charge in [-0.25, -0.2) is 4.98 Å². The number of aryl methyl sites for hydroxylation is 1. The summed E-state index contributed by atoms with van der Waals surface area (Å²) in [5.41, 5.74) is 5.83. The third kappa shape index (κ3) is 4.43. The molecule has 5 rings (SSSR count). The number of fused-ring (bicyclic) bond motifs is 1. The highest BCUT2D eigenvalue weighted by atomic mass is 16.2. The number of hydrogen-bond acceptors (Lipinski definition) is 2. The van der Waals surface area contributed by atoms with Crippen LogP contribution < -0.4 is 0 Å². The molecular formula is C29H31N3O. The lowest BCUT2D eigenvalue weighted by Gasteiger charge is -2.35. The molecule has 0 aliphatic carbocycles. The molecular weight excluding hydrogens is 406 g/mol. The summed E-state index contributed by atoms with van der Waals surface area (Å²) in [5.74, 6) is 1.24. The molecule has 1 aromatic heterocycles. The Labute approximate surface area is 195 Å². The summed E-state index contributed by atoms with van der Waals surface area (Å²) < 4.78 is 2.44. The van der Waals surface area contributed by atoms with E-state index in [1.54, 1.807) is 0 Å². The zero-order chi connectivity index (χ0) is 22.8. The highest BCUT2D eigenvalue weighted by Crippen LogP contribution is 2.31. The van der Waals surface area contributed by atoms with Crippen molar-refractivity contribution < 1.29 is 4.79 Å². The molecule has 4 nitrogen and oxygen atoms in total. The van der Waals surface area contributed by atoms with E-state index in [2.05, 4.69) is 95.3 Å². The summed E-state index contributed by atoms with van der Waals surface area (Å²) in [5, 5.41) is 0. The Kier molecular flexibility index (Phi) is 5.99. The molecule has 0 N–H and O–H groups in total. The molecule has 168 valence electrons. The minimum absolute atomic E-state index is 0.107. The molecule has 0 saturated carbocycles. The van der Waals surface area contributed by atoms with E-state index in [0.29, 0.717) is 6.04 Å². The Morgan fingerprint density at radius 3 is 2.33 bits per heavy atom. The fourth-order valence-corrected chi connectivity index (χ4v) is 5.02. The summed E-state index contributed by atoms with van der Waals surface area (Å²) >= 11 is 0. The quantitative estimate of drug-likeness (QED) is 0.390. The second-order valence-corrected chi connectivity index (χ2v) is 9.24. The fourth-order valence-electron chi connectivity index (χ4n) is 5.02. The van der Waals surface area contributed by atoms with Crippen molar-refractivity contribution in [2.45, 2.75) is 45.1 Å². The number of para-hydroxylation sites is 2. The van der Waals surface area contributed by atoms with Gasteiger partial charge in [-0.2, -0.15) is 0 Å². The van der Waals surface area contributed by atoms with E-state index in [0.717, 1.165) is 49.3 Å². The molecule has 4 aromatic rings. The summed E-state index contributed by atoms with van der Waals surface area (Å²) in [4.78, 5) is 20.3. The molecule has 1 saturated heterocycles. The van der Waals surface area contributed by atoms with Crippen molar-refractivity contribution in [2.75, 3.05) is 13.1 Å². The topological polar surface area (TPSA) is 38.1 Å². The van der Waals surface area contributed by atoms with Crippen molar-refractivity contribution in [1.82, 2.24) is 14.5 Å². The molecule has 2 heterocycles. The van der Waals surface area contributed by atoms with Crippen LogP contribution in [0.1, 0.15) is 54.2 Å². The molecule has 1 amide bonds. The van der Waals surface area contributed by atoms with E-state index in [1.165, 1.54) is 16.6 Å². The number of aromatic nitrogens is 2. The second-order valence-electron chi connectivity index (χ2n) is 9.24. The van der Waals surface area contributed by atoms with E-state index in [1.807, 2.05) is 6.92 Å². The molecule has 1 aliphatic heterocycles. The number of likely N-dealkylation sites (tertiary alicyclic amines) is 1. The minimum atomic E-state index is -0.107. The molecule has 1 aliphatic rings. The first-order valence-corrected chi connectivity index (χ1v) is 12.0. The molecule has 1 unspecified atom stereocenters. The van der Waals surface area contributed by atoms with Gasteiger partial charge in [-0.05, 0) is 49.9 Å². The fraction of sp³-hybridized carbons (Fsp3) is 0.310. The second kappa shape index (κ2) is 9.22. The zero-order valence-corrected chi connectivity index (χ0v) is 19.4. The van der Waals surface area contributed by atoms with Gasteiger partial charge in [0.15, 0.2) is 0 Å². The van der Waals surface area contributed by atoms with Gasteiger partial charge >= 0.3 is 0 Å². The van der Waals surface area contributed by atoms with Crippen molar-refractivity contribution in [3.63, 3.8) is 0 Å². The maximum absolute atomic E-state index is 13.2. The van der Waals surface area contributed by atoms with E-state index in [4.69, 9.17) is 4.98 Å². The van der Waals surface area contributed by atoms with Crippen LogP contribution >= 0.6 is 0 Å². The normalized spacial score (nSPS) is 15.6. The molecule has 0 bridgehead atoms. The van der Waals surface area contributed by atoms with Gasteiger partial charge in [-0.15, -0.1) is 0 Å². The standard InChI is InChI=1S/C29H31N3O/c1-21-12-14-24(15-13-21)22(2)29(33)31-18-16-25(17-19-31)32-27-11-7-6-10-26(27)30-28(32)20-23-8-4-3-5-9-23/h3-15,22,25H,16-20H2,1-2H3. The summed E-state index contributed by atoms with van der Waals surface area (Å²) in [7, 11) is 0. The predicted molar refractivity (Wildman–Crippen MR) is 133 cm³/mol. The Morgan fingerprint density at radius 1 is 0.939 bits per heavy atom. The van der Waals surface area contributed by atoms with Gasteiger partial charge < -0.3 is 9.47 Å². The van der Waals surface area contributed by atoms with Crippen LogP contribution in [0.4, 0.5) is 0 Å². The molecule has 3 aromatic carbocycles.